The summed E-state index contributed by atoms with van der Waals surface area (Å²) in [5.74, 6) is 1.45. The largest absolute Gasteiger partial charge is 0.485 e. The number of ether oxygens (including phenoxy) is 1. The van der Waals surface area contributed by atoms with Crippen LogP contribution < -0.4 is 10.5 Å². The summed E-state index contributed by atoms with van der Waals surface area (Å²) in [4.78, 5) is 0. The summed E-state index contributed by atoms with van der Waals surface area (Å²) in [7, 11) is 0. The van der Waals surface area contributed by atoms with Crippen LogP contribution >= 0.6 is 15.9 Å². The van der Waals surface area contributed by atoms with Crippen LogP contribution in [0.4, 0.5) is 0 Å². The molecule has 0 radical (unpaired) electrons. The maximum atomic E-state index is 5.90. The molecule has 1 heterocycles. The van der Waals surface area contributed by atoms with Gasteiger partial charge < -0.3 is 15.0 Å². The predicted molar refractivity (Wildman–Crippen MR) is 67.6 cm³/mol. The highest BCUT2D eigenvalue weighted by atomic mass is 79.9. The molecule has 0 bridgehead atoms. The zero-order valence-corrected chi connectivity index (χ0v) is 11.0. The van der Waals surface area contributed by atoms with Gasteiger partial charge in [0.25, 0.3) is 0 Å². The second-order valence-electron chi connectivity index (χ2n) is 3.74. The van der Waals surface area contributed by atoms with E-state index in [4.69, 9.17) is 15.0 Å². The maximum absolute atomic E-state index is 5.90. The Morgan fingerprint density at radius 1 is 1.47 bits per heavy atom. The monoisotopic (exact) mass is 296 g/mol. The Morgan fingerprint density at radius 2 is 2.29 bits per heavy atom. The minimum atomic E-state index is -0.0859. The molecule has 0 fully saturated rings. The predicted octanol–water partition coefficient (Wildman–Crippen LogP) is 3.04. The van der Waals surface area contributed by atoms with E-state index in [2.05, 4.69) is 21.1 Å². The molecule has 1 atom stereocenters. The van der Waals surface area contributed by atoms with Crippen LogP contribution in [-0.4, -0.2) is 5.16 Å². The van der Waals surface area contributed by atoms with Gasteiger partial charge in [-0.2, -0.15) is 0 Å². The molecule has 0 aliphatic heterocycles. The number of nitrogens with zero attached hydrogens (tertiary/aromatic N) is 1. The van der Waals surface area contributed by atoms with E-state index < -0.39 is 0 Å². The van der Waals surface area contributed by atoms with Crippen molar-refractivity contribution in [3.8, 4) is 5.75 Å². The molecule has 0 amide bonds. The number of aromatic nitrogens is 1. The lowest BCUT2D eigenvalue weighted by Crippen LogP contribution is -2.08. The summed E-state index contributed by atoms with van der Waals surface area (Å²) in [5, 5.41) is 3.62. The van der Waals surface area contributed by atoms with Crippen LogP contribution in [0, 0.1) is 0 Å². The van der Waals surface area contributed by atoms with Crippen LogP contribution in [0.25, 0.3) is 0 Å². The molecule has 0 unspecified atom stereocenters. The highest BCUT2D eigenvalue weighted by molar-refractivity contribution is 9.10. The molecule has 2 N–H and O–H groups in total. The second kappa shape index (κ2) is 5.33. The number of nitrogens with two attached hydrogens (primary N) is 1. The maximum Gasteiger partial charge on any atom is 0.174 e. The summed E-state index contributed by atoms with van der Waals surface area (Å²) in [6, 6.07) is 7.45. The van der Waals surface area contributed by atoms with Crippen LogP contribution in [0.3, 0.4) is 0 Å². The molecule has 1 aromatic heterocycles. The third-order valence-corrected chi connectivity index (χ3v) is 2.82. The van der Waals surface area contributed by atoms with Gasteiger partial charge in [0.2, 0.25) is 0 Å². The Labute approximate surface area is 108 Å². The zero-order valence-electron chi connectivity index (χ0n) is 9.39. The average molecular weight is 297 g/mol. The number of rotatable bonds is 4. The fourth-order valence-corrected chi connectivity index (χ4v) is 1.85. The van der Waals surface area contributed by atoms with Gasteiger partial charge in [0.05, 0.1) is 6.20 Å². The summed E-state index contributed by atoms with van der Waals surface area (Å²) in [5.41, 5.74) is 6.85. The minimum absolute atomic E-state index is 0.0859. The molecule has 4 nitrogen and oxygen atoms in total. The summed E-state index contributed by atoms with van der Waals surface area (Å²) >= 11 is 3.41. The zero-order chi connectivity index (χ0) is 12.3. The van der Waals surface area contributed by atoms with Crippen LogP contribution in [0.15, 0.2) is 39.5 Å². The summed E-state index contributed by atoms with van der Waals surface area (Å²) in [6.45, 7) is 2.27. The van der Waals surface area contributed by atoms with Crippen LogP contribution in [-0.2, 0) is 6.61 Å². The van der Waals surface area contributed by atoms with Crippen LogP contribution in [0.5, 0.6) is 5.75 Å². The van der Waals surface area contributed by atoms with Gasteiger partial charge in [-0.25, -0.2) is 0 Å². The molecule has 0 aliphatic rings. The fourth-order valence-electron chi connectivity index (χ4n) is 1.47. The Bertz CT molecular complexity index is 483. The molecule has 0 saturated carbocycles. The van der Waals surface area contributed by atoms with Crippen molar-refractivity contribution in [2.24, 2.45) is 5.73 Å². The first-order valence-electron chi connectivity index (χ1n) is 5.24. The molecule has 2 rings (SSSR count). The number of benzene rings is 1. The lowest BCUT2D eigenvalue weighted by Gasteiger charge is -2.13. The Balaban J connectivity index is 2.14. The van der Waals surface area contributed by atoms with Gasteiger partial charge in [0.15, 0.2) is 5.76 Å². The highest BCUT2D eigenvalue weighted by Crippen LogP contribution is 2.28. The Kier molecular flexibility index (Phi) is 3.81. The Morgan fingerprint density at radius 3 is 2.94 bits per heavy atom. The van der Waals surface area contributed by atoms with Crippen molar-refractivity contribution in [2.75, 3.05) is 0 Å². The highest BCUT2D eigenvalue weighted by Gasteiger charge is 2.09. The van der Waals surface area contributed by atoms with Gasteiger partial charge >= 0.3 is 0 Å². The van der Waals surface area contributed by atoms with Gasteiger partial charge in [-0.05, 0) is 25.1 Å². The number of hydrogen-bond acceptors (Lipinski definition) is 4. The van der Waals surface area contributed by atoms with Crippen molar-refractivity contribution in [3.63, 3.8) is 0 Å². The second-order valence-corrected chi connectivity index (χ2v) is 4.65. The fraction of sp³-hybridized carbons (Fsp3) is 0.250. The third kappa shape index (κ3) is 3.08. The molecule has 2 aromatic rings. The molecule has 90 valence electrons. The van der Waals surface area contributed by atoms with Gasteiger partial charge in [-0.1, -0.05) is 21.1 Å². The van der Waals surface area contributed by atoms with Crippen molar-refractivity contribution in [1.29, 1.82) is 0 Å². The topological polar surface area (TPSA) is 61.3 Å². The first-order chi connectivity index (χ1) is 8.16. The van der Waals surface area contributed by atoms with Crippen molar-refractivity contribution < 1.29 is 9.26 Å². The molecular weight excluding hydrogens is 284 g/mol. The minimum Gasteiger partial charge on any atom is -0.485 e. The number of hydrogen-bond donors (Lipinski definition) is 1. The smallest absolute Gasteiger partial charge is 0.174 e. The van der Waals surface area contributed by atoms with Gasteiger partial charge in [-0.3, -0.25) is 0 Å². The quantitative estimate of drug-likeness (QED) is 0.942. The molecule has 17 heavy (non-hydrogen) atoms. The Hall–Kier alpha value is -1.33. The van der Waals surface area contributed by atoms with E-state index in [0.717, 1.165) is 15.8 Å². The normalized spacial score (nSPS) is 12.4. The number of halogens is 1. The van der Waals surface area contributed by atoms with Gasteiger partial charge in [0.1, 0.15) is 12.4 Å². The molecule has 0 aliphatic carbocycles. The van der Waals surface area contributed by atoms with E-state index in [-0.39, 0.29) is 6.04 Å². The first-order valence-corrected chi connectivity index (χ1v) is 6.03. The SMILES string of the molecule is C[C@@H](N)c1cc(Br)ccc1OCc1ccno1. The van der Waals surface area contributed by atoms with Crippen molar-refractivity contribution in [2.45, 2.75) is 19.6 Å². The lowest BCUT2D eigenvalue weighted by atomic mass is 10.1. The van der Waals surface area contributed by atoms with Crippen LogP contribution in [0.2, 0.25) is 0 Å². The summed E-state index contributed by atoms with van der Waals surface area (Å²) < 4.78 is 11.6. The van der Waals surface area contributed by atoms with E-state index >= 15 is 0 Å². The molecular formula is C12H13BrN2O2. The first kappa shape index (κ1) is 12.1. The van der Waals surface area contributed by atoms with Crippen molar-refractivity contribution in [3.05, 3.63) is 46.3 Å². The van der Waals surface area contributed by atoms with Crippen LogP contribution in [0.1, 0.15) is 24.3 Å². The van der Waals surface area contributed by atoms with Crippen molar-refractivity contribution >= 4 is 15.9 Å². The van der Waals surface area contributed by atoms with E-state index in [9.17, 15) is 0 Å². The van der Waals surface area contributed by atoms with Crippen molar-refractivity contribution in [1.82, 2.24) is 5.16 Å². The average Bonchev–Trinajstić information content (AvgIpc) is 2.80. The standard InChI is InChI=1S/C12H13BrN2O2/c1-8(14)11-6-9(13)2-3-12(11)16-7-10-4-5-15-17-10/h2-6,8H,7,14H2,1H3/t8-/m1/s1. The van der Waals surface area contributed by atoms with E-state index in [1.54, 1.807) is 12.3 Å². The van der Waals surface area contributed by atoms with Gasteiger partial charge in [-0.15, -0.1) is 0 Å². The van der Waals surface area contributed by atoms with Gasteiger partial charge in [0, 0.05) is 22.1 Å². The third-order valence-electron chi connectivity index (χ3n) is 2.32. The van der Waals surface area contributed by atoms with E-state index in [1.807, 2.05) is 25.1 Å². The van der Waals surface area contributed by atoms with E-state index in [1.165, 1.54) is 0 Å². The molecule has 5 heteroatoms. The molecule has 1 aromatic carbocycles. The molecule has 0 saturated heterocycles. The summed E-state index contributed by atoms with van der Waals surface area (Å²) in [6.07, 6.45) is 1.59. The molecule has 0 spiro atoms. The van der Waals surface area contributed by atoms with E-state index in [0.29, 0.717) is 12.4 Å². The lowest BCUT2D eigenvalue weighted by molar-refractivity contribution is 0.246.